The predicted octanol–water partition coefficient (Wildman–Crippen LogP) is 3.64. The molecule has 1 aromatic carbocycles. The summed E-state index contributed by atoms with van der Waals surface area (Å²) in [7, 11) is 3.20. The Balaban J connectivity index is 0.00000261. The van der Waals surface area contributed by atoms with Crippen LogP contribution >= 0.6 is 35.3 Å². The second-order valence-electron chi connectivity index (χ2n) is 5.37. The van der Waals surface area contributed by atoms with Crippen LogP contribution in [0.3, 0.4) is 0 Å². The lowest BCUT2D eigenvalue weighted by Crippen LogP contribution is -2.31. The first-order chi connectivity index (χ1) is 12.7. The lowest BCUT2D eigenvalue weighted by Gasteiger charge is -2.09. The Hall–Kier alpha value is -2.27. The van der Waals surface area contributed by atoms with Gasteiger partial charge in [-0.15, -0.1) is 35.3 Å². The second-order valence-corrected chi connectivity index (χ2v) is 6.31. The van der Waals surface area contributed by atoms with Gasteiger partial charge in [0.1, 0.15) is 6.26 Å². The molecule has 0 unspecified atom stereocenters. The molecule has 2 heterocycles. The van der Waals surface area contributed by atoms with Crippen molar-refractivity contribution < 1.29 is 13.9 Å². The highest BCUT2D eigenvalue weighted by Crippen LogP contribution is 2.27. The van der Waals surface area contributed by atoms with Gasteiger partial charge in [0, 0.05) is 0 Å². The standard InChI is InChI=1S/C18H20N4O3S.HI/c1-23-14-6-5-12(8-15(14)24-2)9-20-18(19)21-10-13-11-25-17(22-13)16-4-3-7-26-16;/h3-8,11H,9-10H2,1-2H3,(H3,19,20,21);1H. The first kappa shape index (κ1) is 21.0. The van der Waals surface area contributed by atoms with Gasteiger partial charge in [-0.05, 0) is 29.1 Å². The zero-order chi connectivity index (χ0) is 18.4. The molecule has 0 saturated carbocycles. The largest absolute Gasteiger partial charge is 0.493 e. The summed E-state index contributed by atoms with van der Waals surface area (Å²) in [5.41, 5.74) is 7.65. The van der Waals surface area contributed by atoms with Gasteiger partial charge in [0.2, 0.25) is 5.89 Å². The molecule has 144 valence electrons. The molecule has 0 radical (unpaired) electrons. The summed E-state index contributed by atoms with van der Waals surface area (Å²) < 4.78 is 16.0. The highest BCUT2D eigenvalue weighted by atomic mass is 127. The van der Waals surface area contributed by atoms with Crippen molar-refractivity contribution in [1.29, 1.82) is 0 Å². The van der Waals surface area contributed by atoms with Crippen LogP contribution in [0.25, 0.3) is 10.8 Å². The van der Waals surface area contributed by atoms with Crippen molar-refractivity contribution in [2.24, 2.45) is 10.7 Å². The molecule has 0 amide bonds. The number of hydrogen-bond donors (Lipinski definition) is 2. The molecule has 2 aromatic heterocycles. The van der Waals surface area contributed by atoms with Crippen LogP contribution in [0.15, 0.2) is 51.4 Å². The molecule has 27 heavy (non-hydrogen) atoms. The second kappa shape index (κ2) is 10.2. The van der Waals surface area contributed by atoms with E-state index in [9.17, 15) is 0 Å². The Morgan fingerprint density at radius 2 is 2.07 bits per heavy atom. The SMILES string of the molecule is COc1ccc(CN=C(N)NCc2coc(-c3cccs3)n2)cc1OC.I. The van der Waals surface area contributed by atoms with Crippen molar-refractivity contribution in [2.45, 2.75) is 13.1 Å². The first-order valence-electron chi connectivity index (χ1n) is 7.92. The van der Waals surface area contributed by atoms with Gasteiger partial charge in [-0.1, -0.05) is 12.1 Å². The van der Waals surface area contributed by atoms with Gasteiger partial charge >= 0.3 is 0 Å². The van der Waals surface area contributed by atoms with Gasteiger partial charge in [0.05, 0.1) is 37.9 Å². The number of hydrogen-bond acceptors (Lipinski definition) is 6. The molecular weight excluding hydrogens is 479 g/mol. The molecule has 0 aliphatic carbocycles. The number of nitrogens with one attached hydrogen (secondary N) is 1. The van der Waals surface area contributed by atoms with Crippen LogP contribution < -0.4 is 20.5 Å². The highest BCUT2D eigenvalue weighted by molar-refractivity contribution is 14.0. The Labute approximate surface area is 178 Å². The molecule has 3 rings (SSSR count). The van der Waals surface area contributed by atoms with Crippen molar-refractivity contribution in [3.63, 3.8) is 0 Å². The topological polar surface area (TPSA) is 94.9 Å². The van der Waals surface area contributed by atoms with Gasteiger partial charge in [-0.25, -0.2) is 9.98 Å². The number of rotatable bonds is 7. The molecule has 0 aliphatic rings. The third-order valence-electron chi connectivity index (χ3n) is 3.61. The van der Waals surface area contributed by atoms with E-state index >= 15 is 0 Å². The smallest absolute Gasteiger partial charge is 0.236 e. The maximum Gasteiger partial charge on any atom is 0.236 e. The van der Waals surface area contributed by atoms with Crippen molar-refractivity contribution in [3.05, 3.63) is 53.2 Å². The summed E-state index contributed by atoms with van der Waals surface area (Å²) >= 11 is 1.58. The minimum atomic E-state index is 0. The number of guanidine groups is 1. The van der Waals surface area contributed by atoms with Gasteiger partial charge in [0.25, 0.3) is 0 Å². The Morgan fingerprint density at radius 3 is 2.78 bits per heavy atom. The predicted molar refractivity (Wildman–Crippen MR) is 117 cm³/mol. The van der Waals surface area contributed by atoms with Crippen LogP contribution in [0.2, 0.25) is 0 Å². The molecule has 3 aromatic rings. The number of nitrogens with zero attached hydrogens (tertiary/aromatic N) is 2. The number of benzene rings is 1. The van der Waals surface area contributed by atoms with Gasteiger partial charge in [-0.3, -0.25) is 0 Å². The Kier molecular flexibility index (Phi) is 7.92. The number of aliphatic imine (C=N–C) groups is 1. The molecule has 0 fully saturated rings. The summed E-state index contributed by atoms with van der Waals surface area (Å²) in [5, 5.41) is 5.01. The van der Waals surface area contributed by atoms with Gasteiger partial charge in [-0.2, -0.15) is 0 Å². The molecular formula is C18H21IN4O3S. The van der Waals surface area contributed by atoms with Gasteiger partial charge < -0.3 is 24.9 Å². The third kappa shape index (κ3) is 5.60. The average molecular weight is 500 g/mol. The third-order valence-corrected chi connectivity index (χ3v) is 4.47. The lowest BCUT2D eigenvalue weighted by atomic mass is 10.2. The van der Waals surface area contributed by atoms with Crippen LogP contribution in [-0.4, -0.2) is 25.2 Å². The molecule has 3 N–H and O–H groups in total. The zero-order valence-electron chi connectivity index (χ0n) is 15.0. The maximum absolute atomic E-state index is 5.92. The molecule has 0 atom stereocenters. The van der Waals surface area contributed by atoms with E-state index in [0.29, 0.717) is 36.4 Å². The molecule has 7 nitrogen and oxygen atoms in total. The van der Waals surface area contributed by atoms with Crippen molar-refractivity contribution in [3.8, 4) is 22.3 Å². The van der Waals surface area contributed by atoms with Crippen LogP contribution in [0.5, 0.6) is 11.5 Å². The number of thiophene rings is 1. The quantitative estimate of drug-likeness (QED) is 0.292. The number of halogens is 1. The van der Waals surface area contributed by atoms with E-state index in [2.05, 4.69) is 15.3 Å². The minimum Gasteiger partial charge on any atom is -0.493 e. The molecule has 0 saturated heterocycles. The average Bonchev–Trinajstić information content (AvgIpc) is 3.35. The highest BCUT2D eigenvalue weighted by Gasteiger charge is 2.08. The zero-order valence-corrected chi connectivity index (χ0v) is 18.1. The Bertz CT molecular complexity index is 881. The fourth-order valence-corrected chi connectivity index (χ4v) is 2.95. The van der Waals surface area contributed by atoms with Crippen LogP contribution in [0.4, 0.5) is 0 Å². The van der Waals surface area contributed by atoms with E-state index in [4.69, 9.17) is 19.6 Å². The number of oxazole rings is 1. The van der Waals surface area contributed by atoms with Gasteiger partial charge in [0.15, 0.2) is 17.5 Å². The summed E-state index contributed by atoms with van der Waals surface area (Å²) in [4.78, 5) is 9.74. The van der Waals surface area contributed by atoms with E-state index in [1.165, 1.54) is 0 Å². The molecule has 0 bridgehead atoms. The number of ether oxygens (including phenoxy) is 2. The molecule has 9 heteroatoms. The monoisotopic (exact) mass is 500 g/mol. The summed E-state index contributed by atoms with van der Waals surface area (Å²) in [6, 6.07) is 9.56. The summed E-state index contributed by atoms with van der Waals surface area (Å²) in [6.07, 6.45) is 1.61. The number of nitrogens with two attached hydrogens (primary N) is 1. The maximum atomic E-state index is 5.92. The van der Waals surface area contributed by atoms with E-state index in [1.807, 2.05) is 35.7 Å². The van der Waals surface area contributed by atoms with Crippen LogP contribution in [0, 0.1) is 0 Å². The van der Waals surface area contributed by atoms with Crippen LogP contribution in [0.1, 0.15) is 11.3 Å². The number of aromatic nitrogens is 1. The lowest BCUT2D eigenvalue weighted by molar-refractivity contribution is 0.354. The Morgan fingerprint density at radius 1 is 1.26 bits per heavy atom. The summed E-state index contributed by atoms with van der Waals surface area (Å²) in [5.74, 6) is 2.28. The molecule has 0 aliphatic heterocycles. The van der Waals surface area contributed by atoms with Crippen LogP contribution in [-0.2, 0) is 13.1 Å². The van der Waals surface area contributed by atoms with Crippen molar-refractivity contribution >= 4 is 41.3 Å². The van der Waals surface area contributed by atoms with E-state index in [-0.39, 0.29) is 24.0 Å². The fraction of sp³-hybridized carbons (Fsp3) is 0.222. The van der Waals surface area contributed by atoms with Crippen molar-refractivity contribution in [1.82, 2.24) is 10.3 Å². The molecule has 0 spiro atoms. The van der Waals surface area contributed by atoms with Crippen molar-refractivity contribution in [2.75, 3.05) is 14.2 Å². The first-order valence-corrected chi connectivity index (χ1v) is 8.80. The summed E-state index contributed by atoms with van der Waals surface area (Å²) in [6.45, 7) is 0.870. The van der Waals surface area contributed by atoms with E-state index < -0.39 is 0 Å². The number of methoxy groups -OCH3 is 2. The van der Waals surface area contributed by atoms with E-state index in [1.54, 1.807) is 31.8 Å². The minimum absolute atomic E-state index is 0. The fourth-order valence-electron chi connectivity index (χ4n) is 2.29. The van der Waals surface area contributed by atoms with E-state index in [0.717, 1.165) is 16.1 Å². The normalized spacial score (nSPS) is 11.0.